The van der Waals surface area contributed by atoms with Crippen LogP contribution in [0.3, 0.4) is 0 Å². The molecule has 27 heavy (non-hydrogen) atoms. The van der Waals surface area contributed by atoms with Crippen molar-refractivity contribution in [3.05, 3.63) is 53.2 Å². The van der Waals surface area contributed by atoms with E-state index in [1.54, 1.807) is 7.11 Å². The number of oxazole rings is 1. The number of aromatic nitrogens is 1. The molecule has 1 saturated heterocycles. The first-order chi connectivity index (χ1) is 13.2. The maximum atomic E-state index is 12.9. The smallest absolute Gasteiger partial charge is 0.276 e. The zero-order valence-corrected chi connectivity index (χ0v) is 15.9. The monoisotopic (exact) mass is 369 g/mol. The first-order valence-electron chi connectivity index (χ1n) is 9.78. The Morgan fingerprint density at radius 2 is 2.11 bits per heavy atom. The molecule has 0 bridgehead atoms. The van der Waals surface area contributed by atoms with Crippen LogP contribution in [0.4, 0.5) is 0 Å². The third kappa shape index (κ3) is 4.06. The van der Waals surface area contributed by atoms with Crippen molar-refractivity contribution < 1.29 is 13.9 Å². The Bertz CT molecular complexity index is 786. The zero-order valence-electron chi connectivity index (χ0n) is 15.9. The first-order valence-corrected chi connectivity index (χ1v) is 9.78. The third-order valence-corrected chi connectivity index (χ3v) is 5.59. The van der Waals surface area contributed by atoms with E-state index in [4.69, 9.17) is 9.15 Å². The van der Waals surface area contributed by atoms with Gasteiger partial charge in [0.25, 0.3) is 5.91 Å². The van der Waals surface area contributed by atoms with Gasteiger partial charge >= 0.3 is 0 Å². The van der Waals surface area contributed by atoms with Crippen LogP contribution in [0.1, 0.15) is 46.8 Å². The maximum Gasteiger partial charge on any atom is 0.276 e. The van der Waals surface area contributed by atoms with Crippen LogP contribution in [0, 0.1) is 0 Å². The molecule has 2 aromatic rings. The SMILES string of the molecule is COCC1CCCCN1C(=O)c1coc(CN2CCc3ccccc3C2)n1. The molecule has 0 saturated carbocycles. The van der Waals surface area contributed by atoms with Crippen molar-refractivity contribution in [2.75, 3.05) is 26.8 Å². The highest BCUT2D eigenvalue weighted by Crippen LogP contribution is 2.22. The summed E-state index contributed by atoms with van der Waals surface area (Å²) in [4.78, 5) is 21.6. The van der Waals surface area contributed by atoms with Gasteiger partial charge in [-0.15, -0.1) is 0 Å². The Kier molecular flexibility index (Phi) is 5.55. The number of piperidine rings is 1. The molecule has 3 heterocycles. The van der Waals surface area contributed by atoms with Gasteiger partial charge in [-0.2, -0.15) is 0 Å². The number of carbonyl (C=O) groups excluding carboxylic acids is 1. The maximum absolute atomic E-state index is 12.9. The van der Waals surface area contributed by atoms with E-state index in [9.17, 15) is 4.79 Å². The summed E-state index contributed by atoms with van der Waals surface area (Å²) < 4.78 is 10.9. The summed E-state index contributed by atoms with van der Waals surface area (Å²) in [6.07, 6.45) is 5.70. The van der Waals surface area contributed by atoms with Gasteiger partial charge in [0.15, 0.2) is 5.69 Å². The summed E-state index contributed by atoms with van der Waals surface area (Å²) in [6, 6.07) is 8.69. The van der Waals surface area contributed by atoms with E-state index >= 15 is 0 Å². The average Bonchev–Trinajstić information content (AvgIpc) is 3.16. The van der Waals surface area contributed by atoms with Crippen LogP contribution in [0.5, 0.6) is 0 Å². The molecule has 1 atom stereocenters. The van der Waals surface area contributed by atoms with E-state index in [2.05, 4.69) is 34.1 Å². The van der Waals surface area contributed by atoms with Crippen molar-refractivity contribution in [1.82, 2.24) is 14.8 Å². The van der Waals surface area contributed by atoms with E-state index in [-0.39, 0.29) is 11.9 Å². The van der Waals surface area contributed by atoms with Crippen molar-refractivity contribution in [3.63, 3.8) is 0 Å². The van der Waals surface area contributed by atoms with E-state index in [1.165, 1.54) is 17.4 Å². The number of rotatable bonds is 5. The Morgan fingerprint density at radius 3 is 2.96 bits per heavy atom. The van der Waals surface area contributed by atoms with Gasteiger partial charge in [-0.3, -0.25) is 9.69 Å². The number of hydrogen-bond donors (Lipinski definition) is 0. The molecule has 1 fully saturated rings. The highest BCUT2D eigenvalue weighted by atomic mass is 16.5. The quantitative estimate of drug-likeness (QED) is 0.811. The van der Waals surface area contributed by atoms with Crippen molar-refractivity contribution >= 4 is 5.91 Å². The number of methoxy groups -OCH3 is 1. The highest BCUT2D eigenvalue weighted by Gasteiger charge is 2.29. The second-order valence-electron chi connectivity index (χ2n) is 7.46. The van der Waals surface area contributed by atoms with Crippen LogP contribution in [0.2, 0.25) is 0 Å². The zero-order chi connectivity index (χ0) is 18.6. The van der Waals surface area contributed by atoms with E-state index in [1.807, 2.05) is 4.90 Å². The van der Waals surface area contributed by atoms with E-state index in [0.29, 0.717) is 24.7 Å². The summed E-state index contributed by atoms with van der Waals surface area (Å²) >= 11 is 0. The van der Waals surface area contributed by atoms with Crippen LogP contribution in [0.15, 0.2) is 34.9 Å². The van der Waals surface area contributed by atoms with Crippen LogP contribution in [-0.2, 0) is 24.2 Å². The minimum Gasteiger partial charge on any atom is -0.447 e. The van der Waals surface area contributed by atoms with Crippen molar-refractivity contribution in [1.29, 1.82) is 0 Å². The van der Waals surface area contributed by atoms with Gasteiger partial charge in [-0.25, -0.2) is 4.98 Å². The van der Waals surface area contributed by atoms with Crippen molar-refractivity contribution in [2.24, 2.45) is 0 Å². The summed E-state index contributed by atoms with van der Waals surface area (Å²) in [6.45, 7) is 3.83. The molecule has 0 radical (unpaired) electrons. The third-order valence-electron chi connectivity index (χ3n) is 5.59. The van der Waals surface area contributed by atoms with Crippen LogP contribution >= 0.6 is 0 Å². The largest absolute Gasteiger partial charge is 0.447 e. The molecule has 0 spiro atoms. The summed E-state index contributed by atoms with van der Waals surface area (Å²) in [5.74, 6) is 0.564. The number of likely N-dealkylation sites (tertiary alicyclic amines) is 1. The molecular formula is C21H27N3O3. The number of ether oxygens (including phenoxy) is 1. The summed E-state index contributed by atoms with van der Waals surface area (Å²) in [5, 5.41) is 0. The van der Waals surface area contributed by atoms with Crippen LogP contribution in [0.25, 0.3) is 0 Å². The number of nitrogens with zero attached hydrogens (tertiary/aromatic N) is 3. The molecule has 6 heteroatoms. The Hall–Kier alpha value is -2.18. The average molecular weight is 369 g/mol. The molecule has 1 aromatic carbocycles. The van der Waals surface area contributed by atoms with E-state index in [0.717, 1.165) is 45.3 Å². The molecule has 0 N–H and O–H groups in total. The molecule has 4 rings (SSSR count). The minimum absolute atomic E-state index is 0.0456. The van der Waals surface area contributed by atoms with Gasteiger partial charge in [0, 0.05) is 26.7 Å². The number of hydrogen-bond acceptors (Lipinski definition) is 5. The molecule has 2 aliphatic rings. The number of fused-ring (bicyclic) bond motifs is 1. The molecule has 1 unspecified atom stereocenters. The normalized spacial score (nSPS) is 20.5. The Balaban J connectivity index is 1.40. The number of benzene rings is 1. The summed E-state index contributed by atoms with van der Waals surface area (Å²) in [5.41, 5.74) is 3.19. The van der Waals surface area contributed by atoms with Crippen LogP contribution < -0.4 is 0 Å². The lowest BCUT2D eigenvalue weighted by molar-refractivity contribution is 0.0423. The number of amides is 1. The lowest BCUT2D eigenvalue weighted by Crippen LogP contribution is -2.46. The molecule has 1 amide bonds. The predicted octanol–water partition coefficient (Wildman–Crippen LogP) is 2.87. The lowest BCUT2D eigenvalue weighted by atomic mass is 10.00. The number of carbonyl (C=O) groups is 1. The fraction of sp³-hybridized carbons (Fsp3) is 0.524. The van der Waals surface area contributed by atoms with Gasteiger partial charge in [0.2, 0.25) is 5.89 Å². The molecule has 0 aliphatic carbocycles. The minimum atomic E-state index is -0.0456. The Labute approximate surface area is 160 Å². The van der Waals surface area contributed by atoms with Crippen molar-refractivity contribution in [3.8, 4) is 0 Å². The second kappa shape index (κ2) is 8.23. The standard InChI is InChI=1S/C21H27N3O3/c1-26-14-18-8-4-5-10-24(18)21(25)19-15-27-20(22-19)13-23-11-9-16-6-2-3-7-17(16)12-23/h2-3,6-7,15,18H,4-5,8-14H2,1H3. The van der Waals surface area contributed by atoms with Gasteiger partial charge in [-0.05, 0) is 36.8 Å². The van der Waals surface area contributed by atoms with Gasteiger partial charge in [-0.1, -0.05) is 24.3 Å². The van der Waals surface area contributed by atoms with Gasteiger partial charge < -0.3 is 14.1 Å². The second-order valence-corrected chi connectivity index (χ2v) is 7.46. The van der Waals surface area contributed by atoms with Crippen LogP contribution in [-0.4, -0.2) is 53.5 Å². The van der Waals surface area contributed by atoms with Crippen molar-refractivity contribution in [2.45, 2.75) is 44.8 Å². The first kappa shape index (κ1) is 18.2. The van der Waals surface area contributed by atoms with Gasteiger partial charge in [0.05, 0.1) is 19.2 Å². The molecule has 6 nitrogen and oxygen atoms in total. The lowest BCUT2D eigenvalue weighted by Gasteiger charge is -2.34. The topological polar surface area (TPSA) is 58.8 Å². The predicted molar refractivity (Wildman–Crippen MR) is 101 cm³/mol. The Morgan fingerprint density at radius 1 is 1.26 bits per heavy atom. The highest BCUT2D eigenvalue weighted by molar-refractivity contribution is 5.92. The molecular weight excluding hydrogens is 342 g/mol. The van der Waals surface area contributed by atoms with E-state index < -0.39 is 0 Å². The fourth-order valence-corrected chi connectivity index (χ4v) is 4.14. The van der Waals surface area contributed by atoms with Gasteiger partial charge in [0.1, 0.15) is 6.26 Å². The summed E-state index contributed by atoms with van der Waals surface area (Å²) in [7, 11) is 1.68. The fourth-order valence-electron chi connectivity index (χ4n) is 4.14. The molecule has 144 valence electrons. The molecule has 1 aromatic heterocycles. The molecule has 2 aliphatic heterocycles.